The number of amides is 1. The van der Waals surface area contributed by atoms with E-state index in [0.717, 1.165) is 0 Å². The van der Waals surface area contributed by atoms with Crippen molar-refractivity contribution < 1.29 is 73.1 Å². The topological polar surface area (TPSA) is 258 Å². The Balaban J connectivity index is 0.00000210. The maximum atomic E-state index is 14.2. The highest BCUT2D eigenvalue weighted by Gasteiger charge is 2.54. The molecule has 3 saturated heterocycles. The quantitative estimate of drug-likeness (QED) is 0.0793. The molecule has 57 heavy (non-hydrogen) atoms. The third-order valence-corrected chi connectivity index (χ3v) is 12.4. The van der Waals surface area contributed by atoms with E-state index in [1.165, 1.54) is 26.6 Å². The predicted molar refractivity (Wildman–Crippen MR) is 206 cm³/mol. The molecule has 3 aliphatic heterocycles. The van der Waals surface area contributed by atoms with E-state index in [9.17, 15) is 30.0 Å². The third-order valence-electron chi connectivity index (χ3n) is 12.4. The standard InChI is InChI=1S/C38H69NO13.CH4N2O2/c1-15-26-38(10,45)31(42)21(4)28(40)19(2)17-37(9,47-14)33(52-35-29(41)25(39(11)12)16-20(3)48-35)22(5)30(23(6)34(44)50-26)51-27-18-36(8,46-13)32(43)24(7)49-27;2-3-1(4)5/h19-27,29-33,35,41-43,45H,15-18H2,1-14H3;3H,2H2,(H,4,5)/t19-,20-,21+,22+,23-,24+,25+,26-,27+,29-,30+,31-,32+,33-,35+,36-,37-,38-;/m1./s1. The Morgan fingerprint density at radius 2 is 1.47 bits per heavy atom. The van der Waals surface area contributed by atoms with E-state index >= 15 is 0 Å². The Morgan fingerprint density at radius 1 is 0.912 bits per heavy atom. The molecule has 0 aromatic carbocycles. The van der Waals surface area contributed by atoms with Crippen LogP contribution in [0.25, 0.3) is 0 Å². The molecule has 3 fully saturated rings. The number of likely N-dealkylation sites (N-methyl/N-ethyl adjacent to an activating group) is 1. The van der Waals surface area contributed by atoms with E-state index in [2.05, 4.69) is 5.84 Å². The van der Waals surface area contributed by atoms with Gasteiger partial charge < -0.3 is 63.6 Å². The van der Waals surface area contributed by atoms with Gasteiger partial charge in [-0.05, 0) is 74.9 Å². The van der Waals surface area contributed by atoms with Crippen molar-refractivity contribution in [2.75, 3.05) is 28.3 Å². The van der Waals surface area contributed by atoms with Gasteiger partial charge in [-0.2, -0.15) is 0 Å². The van der Waals surface area contributed by atoms with Gasteiger partial charge in [0.1, 0.15) is 29.7 Å². The van der Waals surface area contributed by atoms with Crippen molar-refractivity contribution in [2.24, 2.45) is 29.5 Å². The van der Waals surface area contributed by atoms with Gasteiger partial charge in [0.15, 0.2) is 12.6 Å². The zero-order valence-corrected chi connectivity index (χ0v) is 36.3. The Kier molecular flexibility index (Phi) is 18.8. The number of hydrazine groups is 1. The lowest BCUT2D eigenvalue weighted by Crippen LogP contribution is -2.61. The van der Waals surface area contributed by atoms with Gasteiger partial charge >= 0.3 is 12.1 Å². The van der Waals surface area contributed by atoms with Crippen LogP contribution in [0.5, 0.6) is 0 Å². The molecule has 18 nitrogen and oxygen atoms in total. The largest absolute Gasteiger partial charge is 0.464 e. The molecule has 18 heteroatoms. The molecule has 0 saturated carbocycles. The summed E-state index contributed by atoms with van der Waals surface area (Å²) in [6.07, 6.45) is -9.95. The first-order valence-corrected chi connectivity index (χ1v) is 19.8. The number of aliphatic hydroxyl groups is 4. The van der Waals surface area contributed by atoms with Crippen molar-refractivity contribution >= 4 is 17.8 Å². The fourth-order valence-corrected chi connectivity index (χ4v) is 8.58. The number of carbonyl (C=O) groups is 3. The van der Waals surface area contributed by atoms with Crippen molar-refractivity contribution in [2.45, 2.75) is 179 Å². The summed E-state index contributed by atoms with van der Waals surface area (Å²) >= 11 is 0. The maximum Gasteiger partial charge on any atom is 0.418 e. The summed E-state index contributed by atoms with van der Waals surface area (Å²) in [5.74, 6) is -0.148. The molecule has 3 rings (SSSR count). The molecular formula is C39H73N3O15. The number of hydrogen-bond acceptors (Lipinski definition) is 16. The van der Waals surface area contributed by atoms with Gasteiger partial charge in [-0.25, -0.2) is 10.6 Å². The van der Waals surface area contributed by atoms with E-state index in [-0.39, 0.29) is 37.2 Å². The lowest BCUT2D eigenvalue weighted by atomic mass is 9.74. The van der Waals surface area contributed by atoms with Crippen LogP contribution in [0, 0.1) is 23.7 Å². The number of carboxylic acid groups (broad SMARTS) is 1. The fourth-order valence-electron chi connectivity index (χ4n) is 8.58. The van der Waals surface area contributed by atoms with Gasteiger partial charge in [-0.15, -0.1) is 0 Å². The molecule has 334 valence electrons. The number of cyclic esters (lactones) is 1. The highest BCUT2D eigenvalue weighted by Crippen LogP contribution is 2.41. The molecule has 0 bridgehead atoms. The molecule has 0 aromatic rings. The smallest absolute Gasteiger partial charge is 0.418 e. The fraction of sp³-hybridized carbons (Fsp3) is 0.923. The number of hydrogen-bond donors (Lipinski definition) is 7. The normalized spacial score (nSPS) is 45.3. The van der Waals surface area contributed by atoms with Gasteiger partial charge in [0.25, 0.3) is 0 Å². The average Bonchev–Trinajstić information content (AvgIpc) is 3.15. The number of ether oxygens (including phenoxy) is 7. The lowest BCUT2D eigenvalue weighted by molar-refractivity contribution is -0.319. The summed E-state index contributed by atoms with van der Waals surface area (Å²) in [5, 5.41) is 53.0. The van der Waals surface area contributed by atoms with Crippen LogP contribution in [0.2, 0.25) is 0 Å². The van der Waals surface area contributed by atoms with Gasteiger partial charge in [-0.1, -0.05) is 27.7 Å². The minimum Gasteiger partial charge on any atom is -0.464 e. The molecule has 3 heterocycles. The van der Waals surface area contributed by atoms with Crippen LogP contribution in [0.4, 0.5) is 4.79 Å². The van der Waals surface area contributed by atoms with Crippen molar-refractivity contribution in [1.82, 2.24) is 10.3 Å². The number of aliphatic hydroxyl groups excluding tert-OH is 3. The first kappa shape index (κ1) is 51.1. The van der Waals surface area contributed by atoms with Gasteiger partial charge in [-0.3, -0.25) is 15.0 Å². The number of nitrogens with two attached hydrogens (primary N) is 1. The summed E-state index contributed by atoms with van der Waals surface area (Å²) in [6.45, 7) is 17.1. The van der Waals surface area contributed by atoms with Crippen LogP contribution in [0.3, 0.4) is 0 Å². The number of rotatable bonds is 8. The Bertz CT molecular complexity index is 1310. The van der Waals surface area contributed by atoms with E-state index in [1.54, 1.807) is 48.5 Å². The predicted octanol–water partition coefficient (Wildman–Crippen LogP) is 1.57. The van der Waals surface area contributed by atoms with E-state index in [4.69, 9.17) is 43.1 Å². The molecule has 0 radical (unpaired) electrons. The summed E-state index contributed by atoms with van der Waals surface area (Å²) in [4.78, 5) is 39.2. The van der Waals surface area contributed by atoms with Crippen LogP contribution in [0.15, 0.2) is 0 Å². The number of nitrogens with one attached hydrogen (secondary N) is 1. The molecule has 0 aliphatic carbocycles. The van der Waals surface area contributed by atoms with Gasteiger partial charge in [0.2, 0.25) is 0 Å². The van der Waals surface area contributed by atoms with Gasteiger partial charge in [0, 0.05) is 44.4 Å². The SMILES string of the molecule is CC[C@H]1OC(=O)[C@H](C)[C@@H](O[C@H]2C[C@@](C)(OC)[C@@H](O)[C@H](C)O2)[C@H](C)[C@@H](O[C@@H]2O[C@H](C)C[C@H](N(C)C)[C@H]2O)[C@](C)(OC)C[C@@H](C)C(=O)[C@H](C)[C@@H](O)[C@]1(C)O.NNC(=O)O. The van der Waals surface area contributed by atoms with Crippen LogP contribution in [-0.2, 0) is 42.7 Å². The number of methoxy groups -OCH3 is 2. The first-order chi connectivity index (χ1) is 26.3. The second kappa shape index (κ2) is 20.9. The molecule has 18 atom stereocenters. The van der Waals surface area contributed by atoms with E-state index < -0.39 is 108 Å². The van der Waals surface area contributed by atoms with Crippen molar-refractivity contribution in [3.63, 3.8) is 0 Å². The molecular weight excluding hydrogens is 750 g/mol. The molecule has 8 N–H and O–H groups in total. The number of ketones is 1. The summed E-state index contributed by atoms with van der Waals surface area (Å²) in [7, 11) is 6.77. The Labute approximate surface area is 337 Å². The van der Waals surface area contributed by atoms with Crippen LogP contribution in [-0.4, -0.2) is 161 Å². The van der Waals surface area contributed by atoms with Gasteiger partial charge in [0.05, 0.1) is 47.6 Å². The Morgan fingerprint density at radius 3 is 1.96 bits per heavy atom. The van der Waals surface area contributed by atoms with Crippen molar-refractivity contribution in [1.29, 1.82) is 0 Å². The summed E-state index contributed by atoms with van der Waals surface area (Å²) in [6, 6.07) is -0.283. The molecule has 3 aliphatic rings. The van der Waals surface area contributed by atoms with E-state index in [1.807, 2.05) is 32.8 Å². The number of esters is 1. The lowest BCUT2D eigenvalue weighted by Gasteiger charge is -2.50. The Hall–Kier alpha value is -2.07. The monoisotopic (exact) mass is 824 g/mol. The third kappa shape index (κ3) is 12.0. The zero-order valence-electron chi connectivity index (χ0n) is 36.3. The number of Topliss-reactive ketones (excluding diaryl/α,β-unsaturated/α-hetero) is 1. The number of carbonyl (C=O) groups excluding carboxylic acids is 2. The number of nitrogens with zero attached hydrogens (tertiary/aromatic N) is 1. The zero-order chi connectivity index (χ0) is 44.0. The summed E-state index contributed by atoms with van der Waals surface area (Å²) < 4.78 is 43.9. The maximum absolute atomic E-state index is 14.2. The molecule has 0 aromatic heterocycles. The molecule has 0 unspecified atom stereocenters. The van der Waals surface area contributed by atoms with Crippen molar-refractivity contribution in [3.05, 3.63) is 0 Å². The van der Waals surface area contributed by atoms with Crippen LogP contribution in [0.1, 0.15) is 94.9 Å². The molecule has 0 spiro atoms. The minimum absolute atomic E-state index is 0.111. The second-order valence-electron chi connectivity index (χ2n) is 17.1. The van der Waals surface area contributed by atoms with Crippen LogP contribution < -0.4 is 11.3 Å². The summed E-state index contributed by atoms with van der Waals surface area (Å²) in [5.41, 5.74) is -2.80. The van der Waals surface area contributed by atoms with Crippen molar-refractivity contribution in [3.8, 4) is 0 Å². The first-order valence-electron chi connectivity index (χ1n) is 19.8. The second-order valence-corrected chi connectivity index (χ2v) is 17.1. The molecule has 1 amide bonds. The van der Waals surface area contributed by atoms with E-state index in [0.29, 0.717) is 6.42 Å². The highest BCUT2D eigenvalue weighted by atomic mass is 16.7. The van der Waals surface area contributed by atoms with Crippen LogP contribution >= 0.6 is 0 Å². The minimum atomic E-state index is -1.96. The highest BCUT2D eigenvalue weighted by molar-refractivity contribution is 5.83. The average molecular weight is 824 g/mol.